The average Bonchev–Trinajstić information content (AvgIpc) is 3.18. The Kier molecular flexibility index (Phi) is 11.5. The lowest BCUT2D eigenvalue weighted by molar-refractivity contribution is 0.602. The largest absolute Gasteiger partial charge is 0.229 e. The van der Waals surface area contributed by atoms with Crippen LogP contribution in [0.5, 0.6) is 0 Å². The summed E-state index contributed by atoms with van der Waals surface area (Å²) in [6, 6.07) is 10.6. The van der Waals surface area contributed by atoms with Gasteiger partial charge in [-0.05, 0) is 36.4 Å². The van der Waals surface area contributed by atoms with Crippen molar-refractivity contribution in [3.63, 3.8) is 0 Å². The highest BCUT2D eigenvalue weighted by Gasteiger charge is 2.36. The fourth-order valence-corrected chi connectivity index (χ4v) is 12.1. The molecule has 2 heterocycles. The van der Waals surface area contributed by atoms with Crippen LogP contribution in [-0.2, 0) is 19.7 Å². The van der Waals surface area contributed by atoms with Crippen LogP contribution < -0.4 is 0 Å². The third-order valence-corrected chi connectivity index (χ3v) is 13.7. The van der Waals surface area contributed by atoms with Crippen LogP contribution in [0.25, 0.3) is 0 Å². The number of halogens is 5. The molecule has 13 heteroatoms. The molecule has 2 aliphatic heterocycles. The van der Waals surface area contributed by atoms with Crippen LogP contribution in [0, 0.1) is 0 Å². The van der Waals surface area contributed by atoms with Gasteiger partial charge in [-0.3, -0.25) is 0 Å². The molecule has 0 bridgehead atoms. The molecule has 188 valence electrons. The lowest BCUT2D eigenvalue weighted by atomic mass is 10.4. The lowest BCUT2D eigenvalue weighted by Gasteiger charge is -2.12. The predicted molar refractivity (Wildman–Crippen MR) is 153 cm³/mol. The molecule has 1 fully saturated rings. The summed E-state index contributed by atoms with van der Waals surface area (Å²) in [4.78, 5) is 1.85. The SMILES string of the molecule is C.O=S1(=O)C=C[C@@H](Sc2ccc(Cl)c(Cl)c2)C1.O=S1(=O)C[C@H](Sc2ccc(Cl)c(Cl)c2)[C@@H](Br)C1. The first-order valence-corrected chi connectivity index (χ1v) is 17.0. The Morgan fingerprint density at radius 2 is 1.29 bits per heavy atom. The maximum Gasteiger partial charge on any atom is 0.172 e. The fourth-order valence-electron chi connectivity index (χ4n) is 2.95. The van der Waals surface area contributed by atoms with Crippen molar-refractivity contribution in [1.82, 2.24) is 0 Å². The third kappa shape index (κ3) is 9.06. The van der Waals surface area contributed by atoms with Gasteiger partial charge in [0.1, 0.15) is 0 Å². The normalized spacial score (nSPS) is 24.2. The van der Waals surface area contributed by atoms with Gasteiger partial charge >= 0.3 is 0 Å². The van der Waals surface area contributed by atoms with E-state index in [1.807, 2.05) is 12.1 Å². The van der Waals surface area contributed by atoms with Crippen LogP contribution in [0.1, 0.15) is 7.43 Å². The number of rotatable bonds is 4. The second-order valence-electron chi connectivity index (χ2n) is 7.22. The molecule has 0 amide bonds. The van der Waals surface area contributed by atoms with Gasteiger partial charge in [0.2, 0.25) is 0 Å². The van der Waals surface area contributed by atoms with E-state index in [1.165, 1.54) is 28.9 Å². The summed E-state index contributed by atoms with van der Waals surface area (Å²) in [6.07, 6.45) is 1.70. The first-order valence-electron chi connectivity index (χ1n) is 9.32. The Morgan fingerprint density at radius 3 is 1.71 bits per heavy atom. The summed E-state index contributed by atoms with van der Waals surface area (Å²) in [5.41, 5.74) is 0. The van der Waals surface area contributed by atoms with E-state index in [9.17, 15) is 16.8 Å². The number of benzene rings is 2. The van der Waals surface area contributed by atoms with Crippen molar-refractivity contribution < 1.29 is 16.8 Å². The fraction of sp³-hybridized carbons (Fsp3) is 0.333. The van der Waals surface area contributed by atoms with Gasteiger partial charge in [0.15, 0.2) is 19.7 Å². The number of hydrogen-bond donors (Lipinski definition) is 0. The molecule has 0 aliphatic carbocycles. The molecular weight excluding hydrogens is 666 g/mol. The number of sulfone groups is 2. The first-order chi connectivity index (χ1) is 15.3. The molecule has 2 aliphatic rings. The molecule has 34 heavy (non-hydrogen) atoms. The minimum atomic E-state index is -2.99. The highest BCUT2D eigenvalue weighted by molar-refractivity contribution is 9.09. The summed E-state index contributed by atoms with van der Waals surface area (Å²) in [5, 5.41) is 3.23. The van der Waals surface area contributed by atoms with E-state index in [0.717, 1.165) is 9.79 Å². The van der Waals surface area contributed by atoms with Gasteiger partial charge in [-0.25, -0.2) is 16.8 Å². The summed E-state index contributed by atoms with van der Waals surface area (Å²) in [5.74, 6) is 0.553. The number of hydrogen-bond acceptors (Lipinski definition) is 6. The van der Waals surface area contributed by atoms with Crippen molar-refractivity contribution in [3.05, 3.63) is 68.0 Å². The van der Waals surface area contributed by atoms with Crippen LogP contribution in [-0.4, -0.2) is 49.4 Å². The van der Waals surface area contributed by atoms with Crippen molar-refractivity contribution in [3.8, 4) is 0 Å². The second-order valence-corrected chi connectivity index (χ2v) is 16.7. The molecule has 4 nitrogen and oxygen atoms in total. The van der Waals surface area contributed by atoms with E-state index in [-0.39, 0.29) is 40.0 Å². The third-order valence-electron chi connectivity index (χ3n) is 4.49. The molecule has 0 N–H and O–H groups in total. The molecule has 4 rings (SSSR count). The van der Waals surface area contributed by atoms with Crippen LogP contribution >= 0.6 is 85.9 Å². The molecule has 0 saturated carbocycles. The topological polar surface area (TPSA) is 68.3 Å². The average molecular weight is 687 g/mol. The quantitative estimate of drug-likeness (QED) is 0.308. The highest BCUT2D eigenvalue weighted by Crippen LogP contribution is 2.37. The van der Waals surface area contributed by atoms with Crippen LogP contribution in [0.15, 0.2) is 57.7 Å². The molecule has 0 aromatic heterocycles. The predicted octanol–water partition coefficient (Wildman–Crippen LogP) is 7.68. The second kappa shape index (κ2) is 12.8. The molecule has 2 aromatic carbocycles. The van der Waals surface area contributed by atoms with Gasteiger partial charge in [-0.1, -0.05) is 75.8 Å². The summed E-state index contributed by atoms with van der Waals surface area (Å²) in [6.45, 7) is 0. The van der Waals surface area contributed by atoms with E-state index in [0.29, 0.717) is 20.1 Å². The van der Waals surface area contributed by atoms with Crippen molar-refractivity contribution in [2.75, 3.05) is 17.3 Å². The summed E-state index contributed by atoms with van der Waals surface area (Å²) >= 11 is 29.8. The Hall–Kier alpha value is 0.420. The Balaban J connectivity index is 0.000000234. The Bertz CT molecular complexity index is 1270. The van der Waals surface area contributed by atoms with Crippen molar-refractivity contribution in [2.45, 2.75) is 32.5 Å². The smallest absolute Gasteiger partial charge is 0.172 e. The molecular formula is C21H21BrCl4O4S4. The van der Waals surface area contributed by atoms with Gasteiger partial charge in [-0.2, -0.15) is 0 Å². The van der Waals surface area contributed by atoms with Gasteiger partial charge in [0, 0.05) is 30.5 Å². The maximum absolute atomic E-state index is 11.5. The molecule has 2 aromatic rings. The van der Waals surface area contributed by atoms with E-state index in [2.05, 4.69) is 15.9 Å². The number of alkyl halides is 1. The van der Waals surface area contributed by atoms with Crippen molar-refractivity contribution in [1.29, 1.82) is 0 Å². The monoisotopic (exact) mass is 684 g/mol. The van der Waals surface area contributed by atoms with Crippen molar-refractivity contribution >= 4 is 106 Å². The lowest BCUT2D eigenvalue weighted by Crippen LogP contribution is -2.13. The highest BCUT2D eigenvalue weighted by atomic mass is 79.9. The molecule has 3 atom stereocenters. The molecule has 0 unspecified atom stereocenters. The Morgan fingerprint density at radius 1 is 0.765 bits per heavy atom. The van der Waals surface area contributed by atoms with E-state index < -0.39 is 19.7 Å². The zero-order chi connectivity index (χ0) is 24.4. The first kappa shape index (κ1) is 30.6. The molecule has 1 saturated heterocycles. The minimum Gasteiger partial charge on any atom is -0.229 e. The minimum absolute atomic E-state index is 0. The summed E-state index contributed by atoms with van der Waals surface area (Å²) < 4.78 is 45.4. The van der Waals surface area contributed by atoms with Gasteiger partial charge in [0.05, 0.1) is 37.3 Å². The molecule has 0 spiro atoms. The van der Waals surface area contributed by atoms with E-state index in [1.54, 1.807) is 30.3 Å². The summed E-state index contributed by atoms with van der Waals surface area (Å²) in [7, 11) is -5.90. The number of thioether (sulfide) groups is 2. The Labute approximate surface area is 238 Å². The van der Waals surface area contributed by atoms with Crippen molar-refractivity contribution in [2.24, 2.45) is 0 Å². The zero-order valence-electron chi connectivity index (χ0n) is 16.6. The van der Waals surface area contributed by atoms with Gasteiger partial charge in [-0.15, -0.1) is 23.5 Å². The van der Waals surface area contributed by atoms with E-state index in [4.69, 9.17) is 46.4 Å². The van der Waals surface area contributed by atoms with Crippen LogP contribution in [0.3, 0.4) is 0 Å². The standard InChI is InChI=1S/C10H9BrCl2O2S2.C10H8Cl2O2S2.CH4/c11-7-4-17(14,15)5-10(7)16-6-1-2-8(12)9(13)3-6;11-9-2-1-7(5-10(9)12)15-8-3-4-16(13,14)6-8;/h1-3,7,10H,4-5H2;1-5,8H,6H2;1H4/t7-,10-;8-;/m01./s1. The van der Waals surface area contributed by atoms with E-state index >= 15 is 0 Å². The van der Waals surface area contributed by atoms with Gasteiger partial charge in [0.25, 0.3) is 0 Å². The van der Waals surface area contributed by atoms with Crippen LogP contribution in [0.4, 0.5) is 0 Å². The van der Waals surface area contributed by atoms with Gasteiger partial charge < -0.3 is 0 Å². The van der Waals surface area contributed by atoms with Crippen LogP contribution in [0.2, 0.25) is 20.1 Å². The zero-order valence-corrected chi connectivity index (χ0v) is 24.5. The maximum atomic E-state index is 11.5. The molecule has 0 radical (unpaired) electrons.